The normalized spacial score (nSPS) is 13.6. The van der Waals surface area contributed by atoms with Gasteiger partial charge in [-0.25, -0.2) is 4.39 Å². The molecule has 0 spiro atoms. The summed E-state index contributed by atoms with van der Waals surface area (Å²) < 4.78 is 17.6. The quantitative estimate of drug-likeness (QED) is 0.140. The highest BCUT2D eigenvalue weighted by Crippen LogP contribution is 2.56. The summed E-state index contributed by atoms with van der Waals surface area (Å²) in [7, 11) is 0. The Morgan fingerprint density at radius 1 is 0.324 bits per heavy atom. The number of hydrogen-bond donors (Lipinski definition) is 0. The Labute approximate surface area is 415 Å². The first kappa shape index (κ1) is 42.6. The molecule has 0 atom stereocenters. The molecule has 0 aliphatic heterocycles. The fourth-order valence-corrected chi connectivity index (χ4v) is 12.0. The van der Waals surface area contributed by atoms with E-state index in [2.05, 4.69) is 195 Å². The van der Waals surface area contributed by atoms with Crippen molar-refractivity contribution in [3.63, 3.8) is 0 Å². The van der Waals surface area contributed by atoms with Gasteiger partial charge in [0.05, 0.1) is 11.4 Å². The molecule has 0 bridgehead atoms. The molecular formula is C68H51FN2. The zero-order chi connectivity index (χ0) is 48.0. The first-order chi connectivity index (χ1) is 34.7. The Balaban J connectivity index is 0.986. The molecule has 0 amide bonds. The van der Waals surface area contributed by atoms with Gasteiger partial charge in [0.2, 0.25) is 0 Å². The SMILES string of the molecule is CC1(C)c2ccccc2-c2cccc(N(c3ccccc3)c3ccc4cc5c6c(cccc6c4c3)C(C)(C)c3cc(N(c4ccccc4)c4cc(-c6ccccc6)cc(-c6ccccc6)c4F)ccc3-5)c21. The van der Waals surface area contributed by atoms with E-state index in [1.54, 1.807) is 0 Å². The first-order valence-corrected chi connectivity index (χ1v) is 24.7. The molecule has 0 N–H and O–H groups in total. The Hall–Kier alpha value is -8.53. The second-order valence-corrected chi connectivity index (χ2v) is 20.2. The first-order valence-electron chi connectivity index (χ1n) is 24.7. The topological polar surface area (TPSA) is 6.48 Å². The maximum atomic E-state index is 17.6. The summed E-state index contributed by atoms with van der Waals surface area (Å²) in [6, 6.07) is 83.9. The molecule has 71 heavy (non-hydrogen) atoms. The Morgan fingerprint density at radius 3 is 1.61 bits per heavy atom. The summed E-state index contributed by atoms with van der Waals surface area (Å²) in [5.74, 6) is -0.269. The maximum absolute atomic E-state index is 17.6. The number of nitrogens with zero attached hydrogens (tertiary/aromatic N) is 2. The highest BCUT2D eigenvalue weighted by Gasteiger charge is 2.39. The van der Waals surface area contributed by atoms with Gasteiger partial charge >= 0.3 is 0 Å². The van der Waals surface area contributed by atoms with Gasteiger partial charge in [-0.15, -0.1) is 0 Å². The van der Waals surface area contributed by atoms with Crippen LogP contribution in [0.2, 0.25) is 0 Å². The van der Waals surface area contributed by atoms with E-state index in [0.717, 1.165) is 39.4 Å². The van der Waals surface area contributed by atoms with E-state index in [1.165, 1.54) is 71.7 Å². The van der Waals surface area contributed by atoms with Crippen LogP contribution < -0.4 is 9.80 Å². The molecule has 0 saturated carbocycles. The van der Waals surface area contributed by atoms with Crippen LogP contribution in [0.1, 0.15) is 49.9 Å². The molecule has 0 heterocycles. The summed E-state index contributed by atoms with van der Waals surface area (Å²) >= 11 is 0. The van der Waals surface area contributed by atoms with Crippen LogP contribution in [0, 0.1) is 5.82 Å². The van der Waals surface area contributed by atoms with Crippen LogP contribution in [0.4, 0.5) is 38.5 Å². The van der Waals surface area contributed by atoms with E-state index in [-0.39, 0.29) is 11.2 Å². The fourth-order valence-electron chi connectivity index (χ4n) is 12.0. The zero-order valence-corrected chi connectivity index (χ0v) is 40.3. The van der Waals surface area contributed by atoms with E-state index in [9.17, 15) is 0 Å². The van der Waals surface area contributed by atoms with Crippen LogP contribution in [-0.4, -0.2) is 0 Å². The molecule has 2 aliphatic rings. The Bertz CT molecular complexity index is 3880. The van der Waals surface area contributed by atoms with E-state index in [4.69, 9.17) is 0 Å². The summed E-state index contributed by atoms with van der Waals surface area (Å²) in [6.45, 7) is 9.42. The average Bonchev–Trinajstić information content (AvgIpc) is 3.65. The third-order valence-electron chi connectivity index (χ3n) is 15.4. The summed E-state index contributed by atoms with van der Waals surface area (Å²) in [5.41, 5.74) is 18.7. The van der Waals surface area contributed by atoms with Gasteiger partial charge in [0.25, 0.3) is 0 Å². The molecule has 0 radical (unpaired) electrons. The minimum absolute atomic E-state index is 0.192. The second-order valence-electron chi connectivity index (χ2n) is 20.2. The molecule has 3 heteroatoms. The van der Waals surface area contributed by atoms with Gasteiger partial charge in [-0.1, -0.05) is 191 Å². The van der Waals surface area contributed by atoms with Crippen molar-refractivity contribution in [2.45, 2.75) is 38.5 Å². The van der Waals surface area contributed by atoms with Crippen molar-refractivity contribution in [2.75, 3.05) is 9.80 Å². The van der Waals surface area contributed by atoms with Crippen molar-refractivity contribution in [1.82, 2.24) is 0 Å². The number of anilines is 6. The summed E-state index contributed by atoms with van der Waals surface area (Å²) in [6.07, 6.45) is 0. The van der Waals surface area contributed by atoms with E-state index in [0.29, 0.717) is 11.3 Å². The molecular weight excluding hydrogens is 864 g/mol. The van der Waals surface area contributed by atoms with Crippen molar-refractivity contribution >= 4 is 55.7 Å². The fraction of sp³-hybridized carbons (Fsp3) is 0.0882. The highest BCUT2D eigenvalue weighted by atomic mass is 19.1. The van der Waals surface area contributed by atoms with Crippen molar-refractivity contribution in [2.24, 2.45) is 0 Å². The van der Waals surface area contributed by atoms with Crippen LogP contribution in [0.15, 0.2) is 237 Å². The molecule has 0 saturated heterocycles. The molecule has 0 fully saturated rings. The van der Waals surface area contributed by atoms with Crippen molar-refractivity contribution in [1.29, 1.82) is 0 Å². The number of para-hydroxylation sites is 2. The van der Waals surface area contributed by atoms with Crippen molar-refractivity contribution in [3.8, 4) is 44.5 Å². The van der Waals surface area contributed by atoms with Gasteiger partial charge in [0.1, 0.15) is 0 Å². The second kappa shape index (κ2) is 16.3. The van der Waals surface area contributed by atoms with Gasteiger partial charge in [0, 0.05) is 39.1 Å². The smallest absolute Gasteiger partial charge is 0.155 e. The number of hydrogen-bond acceptors (Lipinski definition) is 2. The molecule has 11 aromatic carbocycles. The molecule has 2 aliphatic carbocycles. The minimum Gasteiger partial charge on any atom is -0.310 e. The van der Waals surface area contributed by atoms with Gasteiger partial charge in [-0.05, 0) is 156 Å². The van der Waals surface area contributed by atoms with E-state index in [1.807, 2.05) is 78.9 Å². The third-order valence-corrected chi connectivity index (χ3v) is 15.4. The third kappa shape index (κ3) is 6.67. The number of fused-ring (bicyclic) bond motifs is 7. The molecule has 2 nitrogen and oxygen atoms in total. The van der Waals surface area contributed by atoms with Crippen LogP contribution in [0.3, 0.4) is 0 Å². The summed E-state index contributed by atoms with van der Waals surface area (Å²) in [4.78, 5) is 4.56. The molecule has 0 aromatic heterocycles. The van der Waals surface area contributed by atoms with Gasteiger partial charge in [0.15, 0.2) is 5.82 Å². The van der Waals surface area contributed by atoms with Crippen LogP contribution in [0.25, 0.3) is 66.1 Å². The molecule has 340 valence electrons. The van der Waals surface area contributed by atoms with Crippen LogP contribution in [-0.2, 0) is 10.8 Å². The maximum Gasteiger partial charge on any atom is 0.155 e. The zero-order valence-electron chi connectivity index (χ0n) is 40.3. The highest BCUT2D eigenvalue weighted by molar-refractivity contribution is 6.17. The van der Waals surface area contributed by atoms with Crippen molar-refractivity contribution < 1.29 is 4.39 Å². The lowest BCUT2D eigenvalue weighted by Gasteiger charge is -2.37. The monoisotopic (exact) mass is 914 g/mol. The molecule has 0 unspecified atom stereocenters. The molecule has 13 rings (SSSR count). The van der Waals surface area contributed by atoms with Crippen molar-refractivity contribution in [3.05, 3.63) is 265 Å². The predicted octanol–water partition coefficient (Wildman–Crippen LogP) is 19.0. The lowest BCUT2D eigenvalue weighted by molar-refractivity contribution is 0.632. The summed E-state index contributed by atoms with van der Waals surface area (Å²) in [5, 5.41) is 4.91. The predicted molar refractivity (Wildman–Crippen MR) is 297 cm³/mol. The minimum atomic E-state index is -0.396. The van der Waals surface area contributed by atoms with Gasteiger partial charge in [-0.2, -0.15) is 0 Å². The van der Waals surface area contributed by atoms with Gasteiger partial charge in [-0.3, -0.25) is 0 Å². The molecule has 11 aromatic rings. The standard InChI is InChI=1S/C68H51FN2/c1-67(2)60-33-19-30-54-56-42-50(70(48-25-13-7-14-26-48)62-34-20-31-55-52-29-17-18-32-59(52)68(3,4)65(55)62)36-35-46(56)39-58(64(54)60)53-38-37-51(43-61(53)67)71(49-27-15-8-16-28-49)63-41-47(44-21-9-5-10-22-44)40-57(66(63)69)45-23-11-6-12-24-45/h5-43H,1-4H3. The largest absolute Gasteiger partial charge is 0.310 e. The number of benzene rings is 11. The Kier molecular flexibility index (Phi) is 9.76. The van der Waals surface area contributed by atoms with E-state index < -0.39 is 5.41 Å². The Morgan fingerprint density at radius 2 is 0.887 bits per heavy atom. The number of halogens is 1. The number of rotatable bonds is 8. The lowest BCUT2D eigenvalue weighted by Crippen LogP contribution is -2.24. The average molecular weight is 915 g/mol. The van der Waals surface area contributed by atoms with Crippen LogP contribution >= 0.6 is 0 Å². The van der Waals surface area contributed by atoms with E-state index >= 15 is 4.39 Å². The lowest BCUT2D eigenvalue weighted by atomic mass is 9.68. The van der Waals surface area contributed by atoms with Gasteiger partial charge < -0.3 is 9.80 Å². The van der Waals surface area contributed by atoms with Crippen LogP contribution in [0.5, 0.6) is 0 Å².